The molecule has 2 heterocycles. The van der Waals surface area contributed by atoms with Crippen LogP contribution in [0.3, 0.4) is 0 Å². The van der Waals surface area contributed by atoms with Crippen LogP contribution in [-0.2, 0) is 0 Å². The van der Waals surface area contributed by atoms with Crippen LogP contribution in [0.4, 0.5) is 0 Å². The van der Waals surface area contributed by atoms with E-state index in [0.29, 0.717) is 0 Å². The van der Waals surface area contributed by atoms with Gasteiger partial charge in [0.1, 0.15) is 0 Å². The zero-order chi connectivity index (χ0) is 11.1. The highest BCUT2D eigenvalue weighted by atomic mass is 32.1. The molecule has 86 valence electrons. The molecule has 2 fully saturated rings. The smallest absolute Gasteiger partial charge is 0.263 e. The molecule has 2 atom stereocenters. The summed E-state index contributed by atoms with van der Waals surface area (Å²) in [6.45, 7) is 4.06. The Morgan fingerprint density at radius 1 is 1.31 bits per heavy atom. The van der Waals surface area contributed by atoms with E-state index in [4.69, 9.17) is 0 Å². The number of rotatable bonds is 1. The summed E-state index contributed by atoms with van der Waals surface area (Å²) in [7, 11) is 0. The van der Waals surface area contributed by atoms with Crippen molar-refractivity contribution in [3.05, 3.63) is 21.9 Å². The third-order valence-corrected chi connectivity index (χ3v) is 4.95. The number of hydrogen-bond donors (Lipinski definition) is 0. The molecule has 0 bridgehead atoms. The van der Waals surface area contributed by atoms with Gasteiger partial charge in [-0.15, -0.1) is 11.3 Å². The monoisotopic (exact) mass is 235 g/mol. The largest absolute Gasteiger partial charge is 0.337 e. The van der Waals surface area contributed by atoms with Crippen LogP contribution in [0.2, 0.25) is 0 Å². The van der Waals surface area contributed by atoms with Crippen LogP contribution < -0.4 is 0 Å². The van der Waals surface area contributed by atoms with Crippen molar-refractivity contribution in [1.82, 2.24) is 4.90 Å². The van der Waals surface area contributed by atoms with Crippen molar-refractivity contribution >= 4 is 17.2 Å². The highest BCUT2D eigenvalue weighted by Gasteiger charge is 2.38. The molecule has 0 spiro atoms. The van der Waals surface area contributed by atoms with Crippen LogP contribution in [0.15, 0.2) is 12.1 Å². The zero-order valence-corrected chi connectivity index (χ0v) is 10.4. The molecule has 3 heteroatoms. The van der Waals surface area contributed by atoms with E-state index in [2.05, 4.69) is 11.8 Å². The van der Waals surface area contributed by atoms with Crippen LogP contribution in [0.25, 0.3) is 0 Å². The lowest BCUT2D eigenvalue weighted by Gasteiger charge is -2.15. The fraction of sp³-hybridized carbons (Fsp3) is 0.615. The molecule has 1 aromatic rings. The Morgan fingerprint density at radius 3 is 2.56 bits per heavy atom. The van der Waals surface area contributed by atoms with Crippen LogP contribution in [-0.4, -0.2) is 23.9 Å². The summed E-state index contributed by atoms with van der Waals surface area (Å²) in [5, 5.41) is 0. The Labute approximate surface area is 100 Å². The van der Waals surface area contributed by atoms with Gasteiger partial charge in [0, 0.05) is 18.0 Å². The number of fused-ring (bicyclic) bond motifs is 1. The molecular weight excluding hydrogens is 218 g/mol. The van der Waals surface area contributed by atoms with E-state index in [1.165, 1.54) is 24.1 Å². The van der Waals surface area contributed by atoms with E-state index in [1.807, 2.05) is 12.1 Å². The summed E-state index contributed by atoms with van der Waals surface area (Å²) < 4.78 is 0. The molecular formula is C13H17NOS. The average Bonchev–Trinajstić information content (AvgIpc) is 2.89. The number of likely N-dealkylation sites (tertiary alicyclic amines) is 1. The standard InChI is InChI=1S/C13H17NOS/c1-9-5-6-12(16-9)13(15)14-7-10-3-2-4-11(10)8-14/h5-6,10-11H,2-4,7-8H2,1H3/t10-,11+. The molecule has 1 aliphatic heterocycles. The van der Waals surface area contributed by atoms with Gasteiger partial charge in [0.2, 0.25) is 0 Å². The van der Waals surface area contributed by atoms with Crippen LogP contribution in [0.5, 0.6) is 0 Å². The molecule has 1 aliphatic carbocycles. The van der Waals surface area contributed by atoms with E-state index in [0.717, 1.165) is 29.8 Å². The van der Waals surface area contributed by atoms with Gasteiger partial charge in [-0.3, -0.25) is 4.79 Å². The van der Waals surface area contributed by atoms with Gasteiger partial charge in [-0.25, -0.2) is 0 Å². The van der Waals surface area contributed by atoms with Gasteiger partial charge in [0.15, 0.2) is 0 Å². The van der Waals surface area contributed by atoms with E-state index < -0.39 is 0 Å². The summed E-state index contributed by atoms with van der Waals surface area (Å²) in [6, 6.07) is 4.01. The Balaban J connectivity index is 1.73. The molecule has 3 rings (SSSR count). The second kappa shape index (κ2) is 3.88. The summed E-state index contributed by atoms with van der Waals surface area (Å²) in [6.07, 6.45) is 4.03. The number of amides is 1. The Morgan fingerprint density at radius 2 is 2.00 bits per heavy atom. The average molecular weight is 235 g/mol. The second-order valence-corrected chi connectivity index (χ2v) is 6.36. The number of thiophene rings is 1. The number of carbonyl (C=O) groups excluding carboxylic acids is 1. The first-order valence-electron chi connectivity index (χ1n) is 6.10. The first kappa shape index (κ1) is 10.3. The van der Waals surface area contributed by atoms with E-state index in [-0.39, 0.29) is 5.91 Å². The minimum atomic E-state index is 0.257. The third-order valence-electron chi connectivity index (χ3n) is 3.96. The molecule has 1 amide bonds. The van der Waals surface area contributed by atoms with Crippen LogP contribution >= 0.6 is 11.3 Å². The lowest BCUT2D eigenvalue weighted by atomic mass is 10.0. The number of nitrogens with zero attached hydrogens (tertiary/aromatic N) is 1. The maximum absolute atomic E-state index is 12.2. The van der Waals surface area contributed by atoms with Gasteiger partial charge in [-0.1, -0.05) is 6.42 Å². The van der Waals surface area contributed by atoms with E-state index in [1.54, 1.807) is 11.3 Å². The van der Waals surface area contributed by atoms with Gasteiger partial charge in [0.05, 0.1) is 4.88 Å². The summed E-state index contributed by atoms with van der Waals surface area (Å²) in [5.41, 5.74) is 0. The van der Waals surface area contributed by atoms with Gasteiger partial charge < -0.3 is 4.90 Å². The molecule has 1 saturated heterocycles. The van der Waals surface area contributed by atoms with Crippen molar-refractivity contribution in [1.29, 1.82) is 0 Å². The molecule has 0 aromatic carbocycles. The topological polar surface area (TPSA) is 20.3 Å². The predicted octanol–water partition coefficient (Wildman–Crippen LogP) is 2.93. The maximum Gasteiger partial charge on any atom is 0.263 e. The van der Waals surface area contributed by atoms with Gasteiger partial charge >= 0.3 is 0 Å². The lowest BCUT2D eigenvalue weighted by Crippen LogP contribution is -2.28. The molecule has 2 aliphatic rings. The molecule has 2 nitrogen and oxygen atoms in total. The number of aryl methyl sites for hydroxylation is 1. The normalized spacial score (nSPS) is 28.4. The number of hydrogen-bond acceptors (Lipinski definition) is 2. The quantitative estimate of drug-likeness (QED) is 0.733. The molecule has 1 saturated carbocycles. The molecule has 0 radical (unpaired) electrons. The minimum Gasteiger partial charge on any atom is -0.337 e. The molecule has 16 heavy (non-hydrogen) atoms. The second-order valence-electron chi connectivity index (χ2n) is 5.07. The van der Waals surface area contributed by atoms with Crippen molar-refractivity contribution in [2.24, 2.45) is 11.8 Å². The van der Waals surface area contributed by atoms with Gasteiger partial charge in [-0.2, -0.15) is 0 Å². The molecule has 0 N–H and O–H groups in total. The van der Waals surface area contributed by atoms with Crippen LogP contribution in [0.1, 0.15) is 33.8 Å². The molecule has 0 unspecified atom stereocenters. The Kier molecular flexibility index (Phi) is 2.51. The highest BCUT2D eigenvalue weighted by Crippen LogP contribution is 2.38. The summed E-state index contributed by atoms with van der Waals surface area (Å²) in [5.74, 6) is 1.85. The lowest BCUT2D eigenvalue weighted by molar-refractivity contribution is 0.0785. The minimum absolute atomic E-state index is 0.257. The van der Waals surface area contributed by atoms with Crippen molar-refractivity contribution in [3.63, 3.8) is 0 Å². The van der Waals surface area contributed by atoms with Crippen molar-refractivity contribution in [3.8, 4) is 0 Å². The van der Waals surface area contributed by atoms with Crippen molar-refractivity contribution in [2.45, 2.75) is 26.2 Å². The maximum atomic E-state index is 12.2. The number of carbonyl (C=O) groups is 1. The van der Waals surface area contributed by atoms with E-state index >= 15 is 0 Å². The van der Waals surface area contributed by atoms with Crippen molar-refractivity contribution < 1.29 is 4.79 Å². The Hall–Kier alpha value is -0.830. The van der Waals surface area contributed by atoms with Gasteiger partial charge in [0.25, 0.3) is 5.91 Å². The van der Waals surface area contributed by atoms with Gasteiger partial charge in [-0.05, 0) is 43.7 Å². The fourth-order valence-electron chi connectivity index (χ4n) is 3.11. The zero-order valence-electron chi connectivity index (χ0n) is 9.61. The predicted molar refractivity (Wildman–Crippen MR) is 65.8 cm³/mol. The van der Waals surface area contributed by atoms with Crippen LogP contribution in [0, 0.1) is 18.8 Å². The fourth-order valence-corrected chi connectivity index (χ4v) is 3.94. The summed E-state index contributed by atoms with van der Waals surface area (Å²) >= 11 is 1.62. The highest BCUT2D eigenvalue weighted by molar-refractivity contribution is 7.13. The SMILES string of the molecule is Cc1ccc(C(=O)N2C[C@H]3CCC[C@H]3C2)s1. The summed E-state index contributed by atoms with van der Waals surface area (Å²) in [4.78, 5) is 16.4. The molecule has 1 aromatic heterocycles. The first-order valence-corrected chi connectivity index (χ1v) is 6.91. The first-order chi connectivity index (χ1) is 7.74. The Bertz CT molecular complexity index is 400. The van der Waals surface area contributed by atoms with E-state index in [9.17, 15) is 4.79 Å². The van der Waals surface area contributed by atoms with Crippen molar-refractivity contribution in [2.75, 3.05) is 13.1 Å². The third kappa shape index (κ3) is 1.67.